The fraction of sp³-hybridized carbons (Fsp3) is 0.267. The van der Waals surface area contributed by atoms with Gasteiger partial charge in [-0.1, -0.05) is 17.7 Å². The van der Waals surface area contributed by atoms with Crippen LogP contribution in [0.5, 0.6) is 0 Å². The fourth-order valence-corrected chi connectivity index (χ4v) is 5.61. The van der Waals surface area contributed by atoms with E-state index in [1.807, 2.05) is 0 Å². The van der Waals surface area contributed by atoms with Crippen molar-refractivity contribution in [2.24, 2.45) is 0 Å². The van der Waals surface area contributed by atoms with E-state index in [-0.39, 0.29) is 29.4 Å². The minimum atomic E-state index is -3.31. The second-order valence-corrected chi connectivity index (χ2v) is 8.97. The molecule has 4 nitrogen and oxygen atoms in total. The highest BCUT2D eigenvalue weighted by Gasteiger charge is 2.37. The zero-order valence-electron chi connectivity index (χ0n) is 11.9. The number of benzene rings is 1. The number of hydrogen-bond donors (Lipinski definition) is 0. The second kappa shape index (κ2) is 6.22. The van der Waals surface area contributed by atoms with Gasteiger partial charge in [-0.25, -0.2) is 12.8 Å². The van der Waals surface area contributed by atoms with E-state index >= 15 is 0 Å². The molecule has 2 aromatic rings. The molecule has 2 heterocycles. The predicted octanol–water partition coefficient (Wildman–Crippen LogP) is 3.15. The van der Waals surface area contributed by atoms with E-state index in [1.165, 1.54) is 28.4 Å². The summed E-state index contributed by atoms with van der Waals surface area (Å²) in [7, 11) is -3.31. The Hall–Kier alpha value is -1.44. The molecule has 1 aliphatic rings. The third-order valence-corrected chi connectivity index (χ3v) is 7.17. The number of amides is 1. The van der Waals surface area contributed by atoms with Crippen LogP contribution in [0.1, 0.15) is 20.5 Å². The molecular weight excluding hydrogens is 361 g/mol. The molecule has 0 radical (unpaired) electrons. The minimum absolute atomic E-state index is 0.0315. The molecule has 1 aromatic heterocycles. The first kappa shape index (κ1) is 16.4. The van der Waals surface area contributed by atoms with Crippen molar-refractivity contribution in [3.63, 3.8) is 0 Å². The average molecular weight is 374 g/mol. The van der Waals surface area contributed by atoms with Crippen molar-refractivity contribution < 1.29 is 17.6 Å². The molecule has 0 spiro atoms. The van der Waals surface area contributed by atoms with Gasteiger partial charge in [-0.3, -0.25) is 4.79 Å². The molecule has 1 amide bonds. The molecule has 0 aliphatic carbocycles. The van der Waals surface area contributed by atoms with Gasteiger partial charge in [-0.15, -0.1) is 11.3 Å². The Morgan fingerprint density at radius 3 is 2.78 bits per heavy atom. The number of halogens is 2. The Morgan fingerprint density at radius 2 is 2.13 bits per heavy atom. The van der Waals surface area contributed by atoms with Crippen LogP contribution < -0.4 is 0 Å². The average Bonchev–Trinajstić information content (AvgIpc) is 3.00. The molecule has 1 fully saturated rings. The van der Waals surface area contributed by atoms with Crippen molar-refractivity contribution in [2.75, 3.05) is 18.8 Å². The maximum absolute atomic E-state index is 13.9. The highest BCUT2D eigenvalue weighted by molar-refractivity contribution is 7.91. The normalized spacial score (nSPS) is 20.4. The number of carbonyl (C=O) groups is 1. The summed E-state index contributed by atoms with van der Waals surface area (Å²) in [6, 6.07) is 7.35. The number of carbonyl (C=O) groups excluding carboxylic acids is 1. The summed E-state index contributed by atoms with van der Waals surface area (Å²) in [5.74, 6) is -1.35. The van der Waals surface area contributed by atoms with Crippen LogP contribution in [-0.2, 0) is 9.84 Å². The highest BCUT2D eigenvalue weighted by atomic mass is 35.5. The zero-order valence-corrected chi connectivity index (χ0v) is 14.3. The number of nitrogens with zero attached hydrogens (tertiary/aromatic N) is 1. The van der Waals surface area contributed by atoms with Crippen LogP contribution in [0.4, 0.5) is 4.39 Å². The maximum Gasteiger partial charge on any atom is 0.256 e. The largest absolute Gasteiger partial charge is 0.336 e. The molecule has 1 atom stereocenters. The van der Waals surface area contributed by atoms with Gasteiger partial charge in [-0.2, -0.15) is 0 Å². The molecule has 0 bridgehead atoms. The lowest BCUT2D eigenvalue weighted by atomic mass is 10.1. The Bertz CT molecular complexity index is 836. The van der Waals surface area contributed by atoms with Crippen molar-refractivity contribution in [3.8, 4) is 0 Å². The molecule has 1 unspecified atom stereocenters. The van der Waals surface area contributed by atoms with E-state index in [0.717, 1.165) is 6.07 Å². The molecule has 1 aromatic carbocycles. The van der Waals surface area contributed by atoms with Crippen LogP contribution in [-0.4, -0.2) is 38.1 Å². The summed E-state index contributed by atoms with van der Waals surface area (Å²) in [5.41, 5.74) is -0.0985. The third-order valence-electron chi connectivity index (χ3n) is 3.77. The molecule has 8 heteroatoms. The molecule has 23 heavy (non-hydrogen) atoms. The monoisotopic (exact) mass is 373 g/mol. The van der Waals surface area contributed by atoms with E-state index in [0.29, 0.717) is 4.88 Å². The van der Waals surface area contributed by atoms with Crippen molar-refractivity contribution >= 4 is 38.7 Å². The number of rotatable bonds is 2. The van der Waals surface area contributed by atoms with Crippen molar-refractivity contribution in [3.05, 3.63) is 57.0 Å². The maximum atomic E-state index is 13.9. The standard InChI is InChI=1S/C15H13ClFNO3S2/c16-10-3-4-11(12(17)8-10)15(19)18-5-7-23(20,21)14(9-18)13-2-1-6-22-13/h1-4,6,8,14H,5,7,9H2. The summed E-state index contributed by atoms with van der Waals surface area (Å²) >= 11 is 7.03. The number of thiophene rings is 1. The van der Waals surface area contributed by atoms with Gasteiger partial charge in [0.05, 0.1) is 11.3 Å². The Labute approximate surface area is 142 Å². The third kappa shape index (κ3) is 3.27. The quantitative estimate of drug-likeness (QED) is 0.812. The molecule has 1 aliphatic heterocycles. The van der Waals surface area contributed by atoms with Gasteiger partial charge in [0.15, 0.2) is 9.84 Å². The van der Waals surface area contributed by atoms with Crippen LogP contribution in [0.3, 0.4) is 0 Å². The zero-order chi connectivity index (χ0) is 16.6. The van der Waals surface area contributed by atoms with Crippen LogP contribution in [0.25, 0.3) is 0 Å². The van der Waals surface area contributed by atoms with E-state index in [1.54, 1.807) is 17.5 Å². The van der Waals surface area contributed by atoms with Crippen molar-refractivity contribution in [1.82, 2.24) is 4.90 Å². The summed E-state index contributed by atoms with van der Waals surface area (Å²) in [6.45, 7) is 0.0921. The molecule has 1 saturated heterocycles. The van der Waals surface area contributed by atoms with Gasteiger partial charge in [-0.05, 0) is 29.6 Å². The van der Waals surface area contributed by atoms with Crippen LogP contribution >= 0.6 is 22.9 Å². The summed E-state index contributed by atoms with van der Waals surface area (Å²) in [5, 5.41) is 1.25. The smallest absolute Gasteiger partial charge is 0.256 e. The van der Waals surface area contributed by atoms with Crippen LogP contribution in [0.15, 0.2) is 35.7 Å². The van der Waals surface area contributed by atoms with Gasteiger partial charge < -0.3 is 4.90 Å². The van der Waals surface area contributed by atoms with Gasteiger partial charge in [0.1, 0.15) is 11.1 Å². The predicted molar refractivity (Wildman–Crippen MR) is 88.2 cm³/mol. The second-order valence-electron chi connectivity index (χ2n) is 5.25. The van der Waals surface area contributed by atoms with E-state index in [4.69, 9.17) is 11.6 Å². The Kier molecular flexibility index (Phi) is 4.44. The Balaban J connectivity index is 1.88. The highest BCUT2D eigenvalue weighted by Crippen LogP contribution is 2.32. The summed E-state index contributed by atoms with van der Waals surface area (Å²) in [6.07, 6.45) is 0. The molecule has 0 N–H and O–H groups in total. The Morgan fingerprint density at radius 1 is 1.35 bits per heavy atom. The fourth-order valence-electron chi connectivity index (χ4n) is 2.54. The summed E-state index contributed by atoms with van der Waals surface area (Å²) in [4.78, 5) is 14.6. The lowest BCUT2D eigenvalue weighted by Crippen LogP contribution is -2.45. The number of hydrogen-bond acceptors (Lipinski definition) is 4. The molecular formula is C15H13ClFNO3S2. The van der Waals surface area contributed by atoms with E-state index in [9.17, 15) is 17.6 Å². The van der Waals surface area contributed by atoms with Gasteiger partial charge >= 0.3 is 0 Å². The van der Waals surface area contributed by atoms with E-state index in [2.05, 4.69) is 0 Å². The minimum Gasteiger partial charge on any atom is -0.336 e. The number of sulfone groups is 1. The summed E-state index contributed by atoms with van der Waals surface area (Å²) < 4.78 is 38.5. The van der Waals surface area contributed by atoms with Crippen molar-refractivity contribution in [1.29, 1.82) is 0 Å². The van der Waals surface area contributed by atoms with Crippen LogP contribution in [0.2, 0.25) is 5.02 Å². The van der Waals surface area contributed by atoms with Crippen LogP contribution in [0, 0.1) is 5.82 Å². The lowest BCUT2D eigenvalue weighted by Gasteiger charge is -2.32. The molecule has 3 rings (SSSR count). The topological polar surface area (TPSA) is 54.5 Å². The van der Waals surface area contributed by atoms with Gasteiger partial charge in [0, 0.05) is 23.0 Å². The van der Waals surface area contributed by atoms with Crippen molar-refractivity contribution in [2.45, 2.75) is 5.25 Å². The molecule has 0 saturated carbocycles. The lowest BCUT2D eigenvalue weighted by molar-refractivity contribution is 0.0754. The molecule has 122 valence electrons. The first-order valence-corrected chi connectivity index (χ1v) is 9.85. The first-order valence-electron chi connectivity index (χ1n) is 6.88. The van der Waals surface area contributed by atoms with Gasteiger partial charge in [0.2, 0.25) is 0 Å². The van der Waals surface area contributed by atoms with E-state index < -0.39 is 26.8 Å². The SMILES string of the molecule is O=C(c1ccc(Cl)cc1F)N1CCS(=O)(=O)C(c2cccs2)C1. The first-order chi connectivity index (χ1) is 10.9. The van der Waals surface area contributed by atoms with Gasteiger partial charge in [0.25, 0.3) is 5.91 Å².